The molecule has 0 spiro atoms. The molecule has 1 aromatic rings. The molecule has 0 radical (unpaired) electrons. The van der Waals surface area contributed by atoms with Crippen LogP contribution in [0.1, 0.15) is 12.5 Å². The van der Waals surface area contributed by atoms with Gasteiger partial charge in [0, 0.05) is 0 Å². The number of primary amides is 1. The highest BCUT2D eigenvalue weighted by Crippen LogP contribution is 2.31. The SMILES string of the molecule is COc1ccc(CC(C)(C(N)=O)C(=O)O)cc1OC. The van der Waals surface area contributed by atoms with Crippen LogP contribution < -0.4 is 15.2 Å². The summed E-state index contributed by atoms with van der Waals surface area (Å²) in [6.07, 6.45) is -0.0159. The Hall–Kier alpha value is -2.24. The molecule has 1 atom stereocenters. The number of aliphatic carboxylic acids is 1. The van der Waals surface area contributed by atoms with Crippen LogP contribution in [-0.4, -0.2) is 31.2 Å². The molecule has 0 aromatic heterocycles. The highest BCUT2D eigenvalue weighted by Gasteiger charge is 2.39. The average molecular weight is 267 g/mol. The van der Waals surface area contributed by atoms with Crippen LogP contribution in [0.4, 0.5) is 0 Å². The molecule has 0 heterocycles. The topological polar surface area (TPSA) is 98.9 Å². The summed E-state index contributed by atoms with van der Waals surface area (Å²) in [7, 11) is 2.98. The van der Waals surface area contributed by atoms with Crippen molar-refractivity contribution in [3.8, 4) is 11.5 Å². The van der Waals surface area contributed by atoms with Crippen molar-refractivity contribution in [2.75, 3.05) is 14.2 Å². The monoisotopic (exact) mass is 267 g/mol. The molecule has 104 valence electrons. The van der Waals surface area contributed by atoms with Gasteiger partial charge >= 0.3 is 5.97 Å². The van der Waals surface area contributed by atoms with Crippen molar-refractivity contribution in [1.29, 1.82) is 0 Å². The second-order valence-electron chi connectivity index (χ2n) is 4.37. The number of amides is 1. The standard InChI is InChI=1S/C13H17NO5/c1-13(11(14)15,12(16)17)7-8-4-5-9(18-2)10(6-8)19-3/h4-6H,7H2,1-3H3,(H2,14,15)(H,16,17). The second kappa shape index (κ2) is 5.60. The highest BCUT2D eigenvalue weighted by molar-refractivity contribution is 6.00. The number of carbonyl (C=O) groups excluding carboxylic acids is 1. The van der Waals surface area contributed by atoms with Crippen molar-refractivity contribution >= 4 is 11.9 Å². The molecule has 1 rings (SSSR count). The van der Waals surface area contributed by atoms with Crippen LogP contribution in [0.5, 0.6) is 11.5 Å². The third kappa shape index (κ3) is 2.96. The fraction of sp³-hybridized carbons (Fsp3) is 0.385. The van der Waals surface area contributed by atoms with Gasteiger partial charge in [-0.15, -0.1) is 0 Å². The zero-order chi connectivity index (χ0) is 14.6. The number of carbonyl (C=O) groups is 2. The smallest absolute Gasteiger partial charge is 0.319 e. The van der Waals surface area contributed by atoms with E-state index in [-0.39, 0.29) is 6.42 Å². The Kier molecular flexibility index (Phi) is 4.37. The largest absolute Gasteiger partial charge is 0.493 e. The van der Waals surface area contributed by atoms with Crippen LogP contribution in [0.15, 0.2) is 18.2 Å². The number of benzene rings is 1. The van der Waals surface area contributed by atoms with Crippen LogP contribution in [0.3, 0.4) is 0 Å². The predicted octanol–water partition coefficient (Wildman–Crippen LogP) is 0.823. The van der Waals surface area contributed by atoms with Crippen molar-refractivity contribution in [2.24, 2.45) is 11.1 Å². The number of hydrogen-bond donors (Lipinski definition) is 2. The van der Waals surface area contributed by atoms with E-state index in [1.165, 1.54) is 21.1 Å². The molecule has 19 heavy (non-hydrogen) atoms. The van der Waals surface area contributed by atoms with Crippen LogP contribution in [0, 0.1) is 5.41 Å². The van der Waals surface area contributed by atoms with E-state index in [1.807, 2.05) is 0 Å². The van der Waals surface area contributed by atoms with Gasteiger partial charge in [0.1, 0.15) is 5.41 Å². The summed E-state index contributed by atoms with van der Waals surface area (Å²) in [5.74, 6) is -1.14. The van der Waals surface area contributed by atoms with Crippen molar-refractivity contribution < 1.29 is 24.2 Å². The van der Waals surface area contributed by atoms with E-state index < -0.39 is 17.3 Å². The molecular weight excluding hydrogens is 250 g/mol. The molecule has 0 fully saturated rings. The lowest BCUT2D eigenvalue weighted by Gasteiger charge is -2.21. The number of methoxy groups -OCH3 is 2. The fourth-order valence-electron chi connectivity index (χ4n) is 1.67. The summed E-state index contributed by atoms with van der Waals surface area (Å²) in [5.41, 5.74) is 4.14. The van der Waals surface area contributed by atoms with Gasteiger partial charge in [-0.1, -0.05) is 6.07 Å². The lowest BCUT2D eigenvalue weighted by Crippen LogP contribution is -2.43. The van der Waals surface area contributed by atoms with Crippen LogP contribution in [0.25, 0.3) is 0 Å². The molecule has 6 nitrogen and oxygen atoms in total. The number of carboxylic acid groups (broad SMARTS) is 1. The summed E-state index contributed by atoms with van der Waals surface area (Å²) in [4.78, 5) is 22.5. The van der Waals surface area contributed by atoms with E-state index in [0.29, 0.717) is 17.1 Å². The van der Waals surface area contributed by atoms with Crippen LogP contribution in [-0.2, 0) is 16.0 Å². The summed E-state index contributed by atoms with van der Waals surface area (Å²) >= 11 is 0. The van der Waals surface area contributed by atoms with Gasteiger partial charge < -0.3 is 20.3 Å². The Bertz CT molecular complexity index is 484. The molecule has 0 saturated heterocycles. The Morgan fingerprint density at radius 2 is 1.84 bits per heavy atom. The Morgan fingerprint density at radius 1 is 1.26 bits per heavy atom. The zero-order valence-electron chi connectivity index (χ0n) is 11.1. The van der Waals surface area contributed by atoms with Crippen molar-refractivity contribution in [2.45, 2.75) is 13.3 Å². The first-order chi connectivity index (χ1) is 8.85. The van der Waals surface area contributed by atoms with E-state index >= 15 is 0 Å². The molecule has 6 heteroatoms. The molecular formula is C13H17NO5. The lowest BCUT2D eigenvalue weighted by molar-refractivity contribution is -0.153. The van der Waals surface area contributed by atoms with E-state index in [1.54, 1.807) is 18.2 Å². The minimum absolute atomic E-state index is 0.0159. The lowest BCUT2D eigenvalue weighted by atomic mass is 9.83. The summed E-state index contributed by atoms with van der Waals surface area (Å²) in [6.45, 7) is 1.30. The maximum absolute atomic E-state index is 11.3. The maximum atomic E-state index is 11.3. The number of carboxylic acids is 1. The van der Waals surface area contributed by atoms with Crippen LogP contribution >= 0.6 is 0 Å². The molecule has 1 aromatic carbocycles. The Labute approximate surface area is 111 Å². The van der Waals surface area contributed by atoms with E-state index in [4.69, 9.17) is 20.3 Å². The Balaban J connectivity index is 3.11. The van der Waals surface area contributed by atoms with Gasteiger partial charge in [0.2, 0.25) is 5.91 Å². The van der Waals surface area contributed by atoms with Gasteiger partial charge in [0.15, 0.2) is 11.5 Å². The first-order valence-corrected chi connectivity index (χ1v) is 5.59. The minimum atomic E-state index is -1.65. The molecule has 0 aliphatic carbocycles. The summed E-state index contributed by atoms with van der Waals surface area (Å²) < 4.78 is 10.2. The number of ether oxygens (including phenoxy) is 2. The molecule has 3 N–H and O–H groups in total. The quantitative estimate of drug-likeness (QED) is 0.743. The maximum Gasteiger partial charge on any atom is 0.319 e. The van der Waals surface area contributed by atoms with Crippen LogP contribution in [0.2, 0.25) is 0 Å². The number of nitrogens with two attached hydrogens (primary N) is 1. The van der Waals surface area contributed by atoms with Gasteiger partial charge in [0.05, 0.1) is 14.2 Å². The predicted molar refractivity (Wildman–Crippen MR) is 68.2 cm³/mol. The summed E-state index contributed by atoms with van der Waals surface area (Å²) in [5, 5.41) is 9.13. The molecule has 0 saturated carbocycles. The molecule has 1 amide bonds. The molecule has 0 bridgehead atoms. The molecule has 1 unspecified atom stereocenters. The van der Waals surface area contributed by atoms with Gasteiger partial charge in [-0.25, -0.2) is 0 Å². The van der Waals surface area contributed by atoms with Gasteiger partial charge in [-0.3, -0.25) is 9.59 Å². The number of hydrogen-bond acceptors (Lipinski definition) is 4. The average Bonchev–Trinajstić information content (AvgIpc) is 2.37. The van der Waals surface area contributed by atoms with Crippen molar-refractivity contribution in [3.63, 3.8) is 0 Å². The molecule has 0 aliphatic rings. The third-order valence-corrected chi connectivity index (χ3v) is 3.02. The molecule has 0 aliphatic heterocycles. The Morgan fingerprint density at radius 3 is 2.26 bits per heavy atom. The van der Waals surface area contributed by atoms with E-state index in [2.05, 4.69) is 0 Å². The normalized spacial score (nSPS) is 13.4. The van der Waals surface area contributed by atoms with Crippen molar-refractivity contribution in [1.82, 2.24) is 0 Å². The third-order valence-electron chi connectivity index (χ3n) is 3.02. The summed E-state index contributed by atoms with van der Waals surface area (Å²) in [6, 6.07) is 4.95. The fourth-order valence-corrected chi connectivity index (χ4v) is 1.67. The second-order valence-corrected chi connectivity index (χ2v) is 4.37. The number of rotatable bonds is 6. The van der Waals surface area contributed by atoms with Gasteiger partial charge in [-0.05, 0) is 31.0 Å². The highest BCUT2D eigenvalue weighted by atomic mass is 16.5. The first kappa shape index (κ1) is 14.8. The minimum Gasteiger partial charge on any atom is -0.493 e. The van der Waals surface area contributed by atoms with Gasteiger partial charge in [0.25, 0.3) is 0 Å². The zero-order valence-corrected chi connectivity index (χ0v) is 11.1. The van der Waals surface area contributed by atoms with E-state index in [0.717, 1.165) is 0 Å². The van der Waals surface area contributed by atoms with E-state index in [9.17, 15) is 9.59 Å². The van der Waals surface area contributed by atoms with Gasteiger partial charge in [-0.2, -0.15) is 0 Å². The van der Waals surface area contributed by atoms with Crippen molar-refractivity contribution in [3.05, 3.63) is 23.8 Å². The first-order valence-electron chi connectivity index (χ1n) is 5.59.